The van der Waals surface area contributed by atoms with Gasteiger partial charge in [-0.25, -0.2) is 0 Å². The van der Waals surface area contributed by atoms with E-state index in [1.807, 2.05) is 43.3 Å². The first-order valence-corrected chi connectivity index (χ1v) is 9.02. The van der Waals surface area contributed by atoms with Crippen LogP contribution in [-0.4, -0.2) is 24.4 Å². The predicted molar refractivity (Wildman–Crippen MR) is 108 cm³/mol. The van der Waals surface area contributed by atoms with E-state index in [-0.39, 0.29) is 5.88 Å². The van der Waals surface area contributed by atoms with Gasteiger partial charge in [-0.05, 0) is 24.6 Å². The highest BCUT2D eigenvalue weighted by Gasteiger charge is 2.36. The minimum Gasteiger partial charge on any atom is -0.493 e. The number of benzene rings is 2. The van der Waals surface area contributed by atoms with Gasteiger partial charge < -0.3 is 19.9 Å². The van der Waals surface area contributed by atoms with E-state index in [0.717, 1.165) is 27.9 Å². The molecule has 146 valence electrons. The number of nitrogens with two attached hydrogens (primary N) is 1. The fourth-order valence-corrected chi connectivity index (χ4v) is 3.55. The summed E-state index contributed by atoms with van der Waals surface area (Å²) in [7, 11) is 3.15. The zero-order chi connectivity index (χ0) is 20.5. The number of rotatable bonds is 4. The van der Waals surface area contributed by atoms with E-state index >= 15 is 0 Å². The van der Waals surface area contributed by atoms with E-state index in [4.69, 9.17) is 19.9 Å². The van der Waals surface area contributed by atoms with Gasteiger partial charge in [-0.3, -0.25) is 5.10 Å². The second-order valence-electron chi connectivity index (χ2n) is 6.72. The van der Waals surface area contributed by atoms with E-state index in [2.05, 4.69) is 16.3 Å². The summed E-state index contributed by atoms with van der Waals surface area (Å²) < 4.78 is 16.4. The lowest BCUT2D eigenvalue weighted by molar-refractivity contribution is 0.354. The van der Waals surface area contributed by atoms with Crippen LogP contribution in [0.3, 0.4) is 0 Å². The van der Waals surface area contributed by atoms with Gasteiger partial charge in [0.1, 0.15) is 11.6 Å². The Labute approximate surface area is 168 Å². The Hall–Kier alpha value is -3.92. The molecular formula is C22H20N4O3. The number of ether oxygens (including phenoxy) is 3. The highest BCUT2D eigenvalue weighted by Crippen LogP contribution is 2.46. The molecule has 7 heteroatoms. The lowest BCUT2D eigenvalue weighted by atomic mass is 9.83. The molecule has 0 aliphatic carbocycles. The highest BCUT2D eigenvalue weighted by atomic mass is 16.5. The number of methoxy groups -OCH3 is 2. The Kier molecular flexibility index (Phi) is 4.61. The normalized spacial score (nSPS) is 15.3. The van der Waals surface area contributed by atoms with Crippen molar-refractivity contribution in [3.63, 3.8) is 0 Å². The zero-order valence-electron chi connectivity index (χ0n) is 16.3. The summed E-state index contributed by atoms with van der Waals surface area (Å²) in [6.07, 6.45) is 0. The van der Waals surface area contributed by atoms with Gasteiger partial charge in [0, 0.05) is 5.56 Å². The van der Waals surface area contributed by atoms with Crippen LogP contribution in [0.2, 0.25) is 0 Å². The molecule has 1 aliphatic rings. The molecule has 2 heterocycles. The predicted octanol–water partition coefficient (Wildman–Crippen LogP) is 3.62. The van der Waals surface area contributed by atoms with Crippen LogP contribution in [0.4, 0.5) is 0 Å². The number of nitrogens with one attached hydrogen (secondary N) is 1. The van der Waals surface area contributed by atoms with E-state index in [1.165, 1.54) is 0 Å². The van der Waals surface area contributed by atoms with Crippen molar-refractivity contribution in [1.82, 2.24) is 10.2 Å². The lowest BCUT2D eigenvalue weighted by Crippen LogP contribution is -2.21. The highest BCUT2D eigenvalue weighted by molar-refractivity contribution is 5.71. The number of hydrogen-bond donors (Lipinski definition) is 2. The van der Waals surface area contributed by atoms with Crippen molar-refractivity contribution in [2.45, 2.75) is 12.8 Å². The third kappa shape index (κ3) is 3.05. The maximum absolute atomic E-state index is 9.83. The second kappa shape index (κ2) is 7.24. The fourth-order valence-electron chi connectivity index (χ4n) is 3.55. The number of fused-ring (bicyclic) bond motifs is 1. The number of nitriles is 1. The largest absolute Gasteiger partial charge is 0.493 e. The van der Waals surface area contributed by atoms with Crippen LogP contribution in [0.25, 0.3) is 11.3 Å². The number of nitrogens with zero attached hydrogens (tertiary/aromatic N) is 2. The molecule has 0 fully saturated rings. The van der Waals surface area contributed by atoms with Gasteiger partial charge in [0.15, 0.2) is 11.5 Å². The maximum Gasteiger partial charge on any atom is 0.244 e. The van der Waals surface area contributed by atoms with Crippen molar-refractivity contribution in [1.29, 1.82) is 5.26 Å². The number of allylic oxidation sites excluding steroid dienone is 1. The average molecular weight is 388 g/mol. The maximum atomic E-state index is 9.83. The molecule has 0 saturated heterocycles. The van der Waals surface area contributed by atoms with E-state index < -0.39 is 5.92 Å². The molecule has 3 N–H and O–H groups in total. The van der Waals surface area contributed by atoms with E-state index in [9.17, 15) is 5.26 Å². The van der Waals surface area contributed by atoms with Crippen LogP contribution in [-0.2, 0) is 0 Å². The topological polar surface area (TPSA) is 106 Å². The van der Waals surface area contributed by atoms with Gasteiger partial charge in [0.2, 0.25) is 11.8 Å². The van der Waals surface area contributed by atoms with Crippen LogP contribution in [0.15, 0.2) is 53.9 Å². The van der Waals surface area contributed by atoms with Crippen molar-refractivity contribution in [2.75, 3.05) is 14.2 Å². The van der Waals surface area contributed by atoms with Gasteiger partial charge in [-0.2, -0.15) is 5.26 Å². The summed E-state index contributed by atoms with van der Waals surface area (Å²) in [6, 6.07) is 15.8. The van der Waals surface area contributed by atoms with Gasteiger partial charge in [-0.1, -0.05) is 35.9 Å². The van der Waals surface area contributed by atoms with Crippen molar-refractivity contribution in [2.24, 2.45) is 5.73 Å². The molecule has 1 aromatic heterocycles. The molecule has 1 unspecified atom stereocenters. The standard InChI is InChI=1S/C22H20N4O3/c1-12-4-6-13(7-5-12)20-19-18(14-8-9-16(27-2)17(10-14)28-3)15(11-23)21(24)29-22(19)26-25-20/h4-10,18H,24H2,1-3H3,(H,25,26). The molecule has 2 aromatic carbocycles. The Morgan fingerprint density at radius 3 is 2.48 bits per heavy atom. The molecule has 29 heavy (non-hydrogen) atoms. The minimum atomic E-state index is -0.460. The van der Waals surface area contributed by atoms with E-state index in [1.54, 1.807) is 20.3 Å². The minimum absolute atomic E-state index is 0.0433. The van der Waals surface area contributed by atoms with Gasteiger partial charge in [0.25, 0.3) is 0 Å². The molecule has 0 saturated carbocycles. The van der Waals surface area contributed by atoms with Gasteiger partial charge in [-0.15, -0.1) is 5.10 Å². The quantitative estimate of drug-likeness (QED) is 0.707. The molecule has 3 aromatic rings. The van der Waals surface area contributed by atoms with E-state index in [0.29, 0.717) is 23.0 Å². The fraction of sp³-hybridized carbons (Fsp3) is 0.182. The molecule has 4 rings (SSSR count). The monoisotopic (exact) mass is 388 g/mol. The number of H-pyrrole nitrogens is 1. The van der Waals surface area contributed by atoms with Crippen LogP contribution in [0.1, 0.15) is 22.6 Å². The van der Waals surface area contributed by atoms with Crippen molar-refractivity contribution in [3.8, 4) is 34.7 Å². The number of aryl methyl sites for hydroxylation is 1. The molecule has 0 spiro atoms. The number of hydrogen-bond acceptors (Lipinski definition) is 6. The third-order valence-electron chi connectivity index (χ3n) is 5.02. The van der Waals surface area contributed by atoms with Crippen molar-refractivity contribution < 1.29 is 14.2 Å². The van der Waals surface area contributed by atoms with Crippen molar-refractivity contribution >= 4 is 0 Å². The molecular weight excluding hydrogens is 368 g/mol. The van der Waals surface area contributed by atoms with Crippen LogP contribution < -0.4 is 19.9 Å². The molecule has 1 atom stereocenters. The lowest BCUT2D eigenvalue weighted by Gasteiger charge is -2.24. The summed E-state index contributed by atoms with van der Waals surface area (Å²) in [4.78, 5) is 0. The Morgan fingerprint density at radius 2 is 1.83 bits per heavy atom. The number of aromatic nitrogens is 2. The summed E-state index contributed by atoms with van der Waals surface area (Å²) in [5.74, 6) is 1.11. The SMILES string of the molecule is COc1ccc(C2C(C#N)=C(N)Oc3n[nH]c(-c4ccc(C)cc4)c32)cc1OC. The summed E-state index contributed by atoms with van der Waals surface area (Å²) >= 11 is 0. The molecule has 7 nitrogen and oxygen atoms in total. The zero-order valence-corrected chi connectivity index (χ0v) is 16.3. The Morgan fingerprint density at radius 1 is 1.10 bits per heavy atom. The Balaban J connectivity index is 1.93. The second-order valence-corrected chi connectivity index (χ2v) is 6.72. The molecule has 0 bridgehead atoms. The van der Waals surface area contributed by atoms with Gasteiger partial charge in [0.05, 0.1) is 31.4 Å². The van der Waals surface area contributed by atoms with Crippen LogP contribution in [0, 0.1) is 18.3 Å². The first kappa shape index (κ1) is 18.4. The van der Waals surface area contributed by atoms with Crippen LogP contribution in [0.5, 0.6) is 17.4 Å². The first-order chi connectivity index (χ1) is 14.1. The molecule has 1 aliphatic heterocycles. The molecule has 0 radical (unpaired) electrons. The Bertz CT molecular complexity index is 1140. The third-order valence-corrected chi connectivity index (χ3v) is 5.02. The summed E-state index contributed by atoms with van der Waals surface area (Å²) in [5, 5.41) is 17.2. The van der Waals surface area contributed by atoms with Crippen LogP contribution >= 0.6 is 0 Å². The summed E-state index contributed by atoms with van der Waals surface area (Å²) in [5.41, 5.74) is 10.8. The smallest absolute Gasteiger partial charge is 0.244 e. The number of aromatic amines is 1. The van der Waals surface area contributed by atoms with Gasteiger partial charge >= 0.3 is 0 Å². The average Bonchev–Trinajstić information content (AvgIpc) is 3.16. The summed E-state index contributed by atoms with van der Waals surface area (Å²) in [6.45, 7) is 2.03. The first-order valence-electron chi connectivity index (χ1n) is 9.02. The molecule has 0 amide bonds. The van der Waals surface area contributed by atoms with Crippen molar-refractivity contribution in [3.05, 3.63) is 70.6 Å².